The molecule has 5 nitrogen and oxygen atoms in total. The van der Waals surface area contributed by atoms with E-state index in [2.05, 4.69) is 16.4 Å². The molecule has 0 radical (unpaired) electrons. The fourth-order valence-corrected chi connectivity index (χ4v) is 2.48. The van der Waals surface area contributed by atoms with Crippen LogP contribution in [0.25, 0.3) is 0 Å². The number of aromatic nitrogens is 2. The molecule has 1 unspecified atom stereocenters. The minimum atomic E-state index is -0.584. The van der Waals surface area contributed by atoms with Gasteiger partial charge in [0, 0.05) is 18.0 Å². The molecule has 0 amide bonds. The van der Waals surface area contributed by atoms with Crippen LogP contribution in [0.4, 0.5) is 10.2 Å². The number of hydrogen-bond donors (Lipinski definition) is 2. The number of aliphatic hydroxyl groups is 1. The lowest BCUT2D eigenvalue weighted by Gasteiger charge is -2.12. The van der Waals surface area contributed by atoms with Gasteiger partial charge in [-0.1, -0.05) is 6.08 Å². The van der Waals surface area contributed by atoms with Crippen molar-refractivity contribution in [2.24, 2.45) is 0 Å². The third-order valence-corrected chi connectivity index (χ3v) is 3.65. The molecule has 1 aromatic rings. The van der Waals surface area contributed by atoms with Gasteiger partial charge in [-0.3, -0.25) is 4.57 Å². The van der Waals surface area contributed by atoms with Crippen molar-refractivity contribution in [3.8, 4) is 0 Å². The molecule has 0 fully saturated rings. The normalized spacial score (nSPS) is 18.2. The van der Waals surface area contributed by atoms with Gasteiger partial charge in [0.1, 0.15) is 0 Å². The molecule has 0 saturated heterocycles. The highest BCUT2D eigenvalue weighted by atomic mass is 32.2. The molecule has 98 valence electrons. The molecule has 0 saturated carbocycles. The van der Waals surface area contributed by atoms with Crippen LogP contribution in [0.15, 0.2) is 22.5 Å². The van der Waals surface area contributed by atoms with Crippen LogP contribution in [-0.2, 0) is 6.54 Å². The molecule has 0 spiro atoms. The van der Waals surface area contributed by atoms with Crippen molar-refractivity contribution < 1.29 is 9.50 Å². The number of hydrogen-bond acceptors (Lipinski definition) is 5. The van der Waals surface area contributed by atoms with Gasteiger partial charge in [0.2, 0.25) is 0 Å². The second kappa shape index (κ2) is 6.01. The largest absolute Gasteiger partial charge is 0.395 e. The Morgan fingerprint density at radius 3 is 3.17 bits per heavy atom. The maximum absolute atomic E-state index is 13.6. The van der Waals surface area contributed by atoms with Gasteiger partial charge in [-0.2, -0.15) is 4.98 Å². The fourth-order valence-electron chi connectivity index (χ4n) is 1.63. The zero-order chi connectivity index (χ0) is 13.0. The molecule has 0 aromatic carbocycles. The summed E-state index contributed by atoms with van der Waals surface area (Å²) >= 11 is 1.67. The average Bonchev–Trinajstić information content (AvgIpc) is 2.85. The monoisotopic (exact) mass is 271 g/mol. The summed E-state index contributed by atoms with van der Waals surface area (Å²) in [5, 5.41) is 13.9. The van der Waals surface area contributed by atoms with Gasteiger partial charge in [-0.05, 0) is 11.8 Å². The third kappa shape index (κ3) is 3.11. The molecule has 1 atom stereocenters. The Hall–Kier alpha value is -1.34. The molecule has 0 bridgehead atoms. The lowest BCUT2D eigenvalue weighted by Crippen LogP contribution is -2.27. The van der Waals surface area contributed by atoms with Gasteiger partial charge in [0.15, 0.2) is 11.6 Å². The summed E-state index contributed by atoms with van der Waals surface area (Å²) in [4.78, 5) is 15.1. The van der Waals surface area contributed by atoms with E-state index < -0.39 is 11.5 Å². The molecule has 1 aliphatic heterocycles. The van der Waals surface area contributed by atoms with Gasteiger partial charge < -0.3 is 10.4 Å². The summed E-state index contributed by atoms with van der Waals surface area (Å²) in [6, 6.07) is 0. The Kier molecular flexibility index (Phi) is 4.38. The standard InChI is InChI=1S/C11H14FN3O2S/c12-9-7-15(3-4-16)11(17)14-10(9)13-6-8-2-1-5-18-8/h1,5,7-8,16H,2-4,6H2,(H,13,14,17). The predicted octanol–water partition coefficient (Wildman–Crippen LogP) is 0.806. The van der Waals surface area contributed by atoms with E-state index in [9.17, 15) is 9.18 Å². The van der Waals surface area contributed by atoms with Crippen molar-refractivity contribution in [3.05, 3.63) is 34.0 Å². The number of nitrogens with zero attached hydrogens (tertiary/aromatic N) is 2. The Balaban J connectivity index is 2.04. The first-order valence-electron chi connectivity index (χ1n) is 5.63. The SMILES string of the molecule is O=c1nc(NCC2CC=CS2)c(F)cn1CCO. The molecule has 7 heteroatoms. The fraction of sp³-hybridized carbons (Fsp3) is 0.455. The number of thioether (sulfide) groups is 1. The van der Waals surface area contributed by atoms with Crippen LogP contribution in [-0.4, -0.2) is 33.1 Å². The van der Waals surface area contributed by atoms with Crippen molar-refractivity contribution in [1.29, 1.82) is 0 Å². The van der Waals surface area contributed by atoms with E-state index >= 15 is 0 Å². The van der Waals surface area contributed by atoms with Crippen molar-refractivity contribution in [2.45, 2.75) is 18.2 Å². The second-order valence-corrected chi connectivity index (χ2v) is 5.09. The van der Waals surface area contributed by atoms with E-state index in [1.165, 1.54) is 0 Å². The minimum Gasteiger partial charge on any atom is -0.395 e. The summed E-state index contributed by atoms with van der Waals surface area (Å²) in [5.74, 6) is -0.610. The summed E-state index contributed by atoms with van der Waals surface area (Å²) < 4.78 is 14.7. The first-order valence-corrected chi connectivity index (χ1v) is 6.57. The zero-order valence-electron chi connectivity index (χ0n) is 9.67. The first-order chi connectivity index (χ1) is 8.70. The van der Waals surface area contributed by atoms with Crippen molar-refractivity contribution in [2.75, 3.05) is 18.5 Å². The van der Waals surface area contributed by atoms with Crippen LogP contribution in [0.2, 0.25) is 0 Å². The molecule has 2 N–H and O–H groups in total. The maximum atomic E-state index is 13.6. The van der Waals surface area contributed by atoms with E-state index in [0.717, 1.165) is 17.2 Å². The molecule has 0 aliphatic carbocycles. The Labute approximate surface area is 108 Å². The number of rotatable bonds is 5. The average molecular weight is 271 g/mol. The number of aliphatic hydroxyl groups excluding tert-OH is 1. The van der Waals surface area contributed by atoms with E-state index in [0.29, 0.717) is 11.8 Å². The predicted molar refractivity (Wildman–Crippen MR) is 69.2 cm³/mol. The van der Waals surface area contributed by atoms with E-state index in [4.69, 9.17) is 5.11 Å². The van der Waals surface area contributed by atoms with Crippen molar-refractivity contribution in [1.82, 2.24) is 9.55 Å². The number of anilines is 1. The molecular weight excluding hydrogens is 257 g/mol. The Bertz CT molecular complexity index is 496. The molecule has 18 heavy (non-hydrogen) atoms. The van der Waals surface area contributed by atoms with Crippen LogP contribution >= 0.6 is 11.8 Å². The minimum absolute atomic E-state index is 0.0262. The quantitative estimate of drug-likeness (QED) is 0.829. The van der Waals surface area contributed by atoms with Crippen LogP contribution in [0, 0.1) is 5.82 Å². The van der Waals surface area contributed by atoms with Crippen LogP contribution < -0.4 is 11.0 Å². The van der Waals surface area contributed by atoms with Gasteiger partial charge >= 0.3 is 5.69 Å². The van der Waals surface area contributed by atoms with Gasteiger partial charge in [0.05, 0.1) is 13.2 Å². The summed E-state index contributed by atoms with van der Waals surface area (Å²) in [7, 11) is 0. The highest BCUT2D eigenvalue weighted by Gasteiger charge is 2.13. The van der Waals surface area contributed by atoms with E-state index in [1.54, 1.807) is 11.8 Å². The maximum Gasteiger partial charge on any atom is 0.349 e. The molecule has 2 rings (SSSR count). The third-order valence-electron chi connectivity index (χ3n) is 2.55. The summed E-state index contributed by atoms with van der Waals surface area (Å²) in [5.41, 5.74) is -0.565. The highest BCUT2D eigenvalue weighted by molar-refractivity contribution is 8.03. The van der Waals surface area contributed by atoms with Crippen molar-refractivity contribution in [3.63, 3.8) is 0 Å². The molecule has 2 heterocycles. The zero-order valence-corrected chi connectivity index (χ0v) is 10.5. The lowest BCUT2D eigenvalue weighted by atomic mass is 10.3. The van der Waals surface area contributed by atoms with E-state index in [1.807, 2.05) is 5.41 Å². The van der Waals surface area contributed by atoms with Gasteiger partial charge in [-0.25, -0.2) is 9.18 Å². The number of halogens is 1. The molecule has 1 aromatic heterocycles. The van der Waals surface area contributed by atoms with Crippen LogP contribution in [0.5, 0.6) is 0 Å². The lowest BCUT2D eigenvalue weighted by molar-refractivity contribution is 0.272. The number of allylic oxidation sites excluding steroid dienone is 1. The first kappa shape index (κ1) is 13.1. The second-order valence-electron chi connectivity index (χ2n) is 3.88. The topological polar surface area (TPSA) is 67.2 Å². The number of nitrogens with one attached hydrogen (secondary N) is 1. The van der Waals surface area contributed by atoms with Gasteiger partial charge in [-0.15, -0.1) is 11.8 Å². The highest BCUT2D eigenvalue weighted by Crippen LogP contribution is 2.24. The summed E-state index contributed by atoms with van der Waals surface area (Å²) in [6.45, 7) is 0.384. The Morgan fingerprint density at radius 2 is 2.50 bits per heavy atom. The van der Waals surface area contributed by atoms with Crippen LogP contribution in [0.1, 0.15) is 6.42 Å². The summed E-state index contributed by atoms with van der Waals surface area (Å²) in [6.07, 6.45) is 4.05. The van der Waals surface area contributed by atoms with Gasteiger partial charge in [0.25, 0.3) is 0 Å². The van der Waals surface area contributed by atoms with Crippen molar-refractivity contribution >= 4 is 17.6 Å². The van der Waals surface area contributed by atoms with Crippen LogP contribution in [0.3, 0.4) is 0 Å². The molecule has 1 aliphatic rings. The smallest absolute Gasteiger partial charge is 0.349 e. The van der Waals surface area contributed by atoms with E-state index in [-0.39, 0.29) is 19.0 Å². The Morgan fingerprint density at radius 1 is 1.67 bits per heavy atom. The molecular formula is C11H14FN3O2S.